The molecule has 0 aliphatic carbocycles. The van der Waals surface area contributed by atoms with Crippen LogP contribution in [0.4, 0.5) is 0 Å². The van der Waals surface area contributed by atoms with Crippen LogP contribution in [0.15, 0.2) is 0 Å². The first kappa shape index (κ1) is 13.0. The van der Waals surface area contributed by atoms with Crippen LogP contribution >= 0.6 is 32.9 Å². The van der Waals surface area contributed by atoms with Crippen LogP contribution in [-0.4, -0.2) is 31.4 Å². The van der Waals surface area contributed by atoms with E-state index in [1.54, 1.807) is 0 Å². The minimum absolute atomic E-state index is 0. The number of hydrogen-bond donors (Lipinski definition) is 2. The van der Waals surface area contributed by atoms with Gasteiger partial charge in [0.15, 0.2) is 0 Å². The summed E-state index contributed by atoms with van der Waals surface area (Å²) in [6.07, 6.45) is 0.704. The molecule has 0 aliphatic heterocycles. The van der Waals surface area contributed by atoms with Crippen LogP contribution in [0.1, 0.15) is 0 Å². The summed E-state index contributed by atoms with van der Waals surface area (Å²) in [7, 11) is 0. The van der Waals surface area contributed by atoms with Gasteiger partial charge in [0.05, 0.1) is 0 Å². The Morgan fingerprint density at radius 1 is 1.30 bits per heavy atom. The molecule has 0 rings (SSSR count). The fourth-order valence-corrected chi connectivity index (χ4v) is 0.692. The molecule has 0 bridgehead atoms. The van der Waals surface area contributed by atoms with E-state index in [1.807, 2.05) is 0 Å². The zero-order valence-electron chi connectivity index (χ0n) is 5.60. The molecule has 0 unspecified atom stereocenters. The van der Waals surface area contributed by atoms with Gasteiger partial charge in [-0.25, -0.2) is 0 Å². The van der Waals surface area contributed by atoms with Gasteiger partial charge in [0.1, 0.15) is 0 Å². The third kappa shape index (κ3) is 11.2. The largest absolute Gasteiger partial charge is 0.357 e. The summed E-state index contributed by atoms with van der Waals surface area (Å²) in [6.45, 7) is 2.49. The fourth-order valence-electron chi connectivity index (χ4n) is 0.411. The zero-order valence-corrected chi connectivity index (χ0v) is 8.90. The van der Waals surface area contributed by atoms with E-state index in [2.05, 4.69) is 26.6 Å². The van der Waals surface area contributed by atoms with Crippen molar-refractivity contribution in [3.63, 3.8) is 0 Å². The van der Waals surface area contributed by atoms with E-state index >= 15 is 0 Å². The highest BCUT2D eigenvalue weighted by Crippen LogP contribution is 1.72. The molecule has 1 amide bonds. The molecule has 0 aromatic rings. The molecule has 10 heavy (non-hydrogen) atoms. The smallest absolute Gasteiger partial charge is 0.207 e. The molecule has 0 heterocycles. The van der Waals surface area contributed by atoms with Crippen molar-refractivity contribution >= 4 is 39.3 Å². The SMILES string of the molecule is Br.O=CNCCNCCBr. The highest BCUT2D eigenvalue weighted by molar-refractivity contribution is 9.09. The number of alkyl halides is 1. The van der Waals surface area contributed by atoms with Gasteiger partial charge >= 0.3 is 0 Å². The van der Waals surface area contributed by atoms with Gasteiger partial charge in [-0.3, -0.25) is 4.79 Å². The van der Waals surface area contributed by atoms with Crippen molar-refractivity contribution < 1.29 is 4.79 Å². The van der Waals surface area contributed by atoms with Crippen molar-refractivity contribution in [1.82, 2.24) is 10.6 Å². The number of carbonyl (C=O) groups excluding carboxylic acids is 1. The third-order valence-corrected chi connectivity index (χ3v) is 1.20. The average molecular weight is 276 g/mol. The topological polar surface area (TPSA) is 41.1 Å². The summed E-state index contributed by atoms with van der Waals surface area (Å²) in [5, 5.41) is 6.60. The van der Waals surface area contributed by atoms with Gasteiger partial charge in [0, 0.05) is 25.0 Å². The number of carbonyl (C=O) groups is 1. The van der Waals surface area contributed by atoms with Gasteiger partial charge in [-0.15, -0.1) is 17.0 Å². The van der Waals surface area contributed by atoms with Gasteiger partial charge in [-0.1, -0.05) is 15.9 Å². The predicted octanol–water partition coefficient (Wildman–Crippen LogP) is 0.295. The van der Waals surface area contributed by atoms with Crippen molar-refractivity contribution in [1.29, 1.82) is 0 Å². The Kier molecular flexibility index (Phi) is 15.8. The van der Waals surface area contributed by atoms with E-state index < -0.39 is 0 Å². The normalized spacial score (nSPS) is 8.10. The van der Waals surface area contributed by atoms with Crippen molar-refractivity contribution in [3.8, 4) is 0 Å². The summed E-state index contributed by atoms with van der Waals surface area (Å²) >= 11 is 3.27. The van der Waals surface area contributed by atoms with Crippen LogP contribution in [0.3, 0.4) is 0 Å². The molecular formula is C5H12Br2N2O. The first-order valence-electron chi connectivity index (χ1n) is 2.85. The maximum atomic E-state index is 9.69. The van der Waals surface area contributed by atoms with Crippen LogP contribution in [-0.2, 0) is 4.79 Å². The van der Waals surface area contributed by atoms with E-state index in [0.29, 0.717) is 13.0 Å². The average Bonchev–Trinajstić information content (AvgIpc) is 1.89. The predicted molar refractivity (Wildman–Crippen MR) is 51.1 cm³/mol. The van der Waals surface area contributed by atoms with E-state index in [0.717, 1.165) is 18.4 Å². The zero-order chi connectivity index (χ0) is 6.95. The lowest BCUT2D eigenvalue weighted by Crippen LogP contribution is -2.27. The monoisotopic (exact) mass is 274 g/mol. The lowest BCUT2D eigenvalue weighted by Gasteiger charge is -1.99. The summed E-state index contributed by atoms with van der Waals surface area (Å²) in [6, 6.07) is 0. The molecule has 0 fully saturated rings. The standard InChI is InChI=1S/C5H11BrN2O.BrH/c6-1-2-7-3-4-8-5-9;/h5,7H,1-4H2,(H,8,9);1H. The minimum Gasteiger partial charge on any atom is -0.357 e. The molecule has 0 saturated heterocycles. The van der Waals surface area contributed by atoms with Gasteiger partial charge in [0.2, 0.25) is 6.41 Å². The molecule has 5 heteroatoms. The molecule has 0 radical (unpaired) electrons. The van der Waals surface area contributed by atoms with E-state index in [-0.39, 0.29) is 17.0 Å². The quantitative estimate of drug-likeness (QED) is 0.416. The Hall–Kier alpha value is 0.390. The number of hydrogen-bond acceptors (Lipinski definition) is 2. The first-order valence-corrected chi connectivity index (χ1v) is 3.97. The van der Waals surface area contributed by atoms with Crippen LogP contribution in [0.5, 0.6) is 0 Å². The molecule has 0 spiro atoms. The summed E-state index contributed by atoms with van der Waals surface area (Å²) < 4.78 is 0. The number of halogens is 2. The van der Waals surface area contributed by atoms with Crippen molar-refractivity contribution in [3.05, 3.63) is 0 Å². The molecule has 0 aromatic heterocycles. The molecule has 3 nitrogen and oxygen atoms in total. The van der Waals surface area contributed by atoms with Crippen LogP contribution in [0.25, 0.3) is 0 Å². The summed E-state index contributed by atoms with van der Waals surface area (Å²) in [5.74, 6) is 0. The summed E-state index contributed by atoms with van der Waals surface area (Å²) in [5.41, 5.74) is 0. The molecule has 62 valence electrons. The highest BCUT2D eigenvalue weighted by atomic mass is 79.9. The second-order valence-corrected chi connectivity index (χ2v) is 2.30. The summed E-state index contributed by atoms with van der Waals surface area (Å²) in [4.78, 5) is 9.69. The molecule has 0 saturated carbocycles. The lowest BCUT2D eigenvalue weighted by atomic mass is 10.6. The minimum atomic E-state index is 0. The van der Waals surface area contributed by atoms with Crippen molar-refractivity contribution in [2.45, 2.75) is 0 Å². The second kappa shape index (κ2) is 12.1. The Morgan fingerprint density at radius 3 is 2.50 bits per heavy atom. The van der Waals surface area contributed by atoms with Crippen LogP contribution in [0.2, 0.25) is 0 Å². The van der Waals surface area contributed by atoms with Crippen molar-refractivity contribution in [2.75, 3.05) is 25.0 Å². The lowest BCUT2D eigenvalue weighted by molar-refractivity contribution is -0.109. The van der Waals surface area contributed by atoms with Gasteiger partial charge < -0.3 is 10.6 Å². The molecular weight excluding hydrogens is 264 g/mol. The number of amides is 1. The Bertz CT molecular complexity index is 72.7. The first-order chi connectivity index (χ1) is 4.41. The maximum absolute atomic E-state index is 9.69. The molecule has 0 atom stereocenters. The van der Waals surface area contributed by atoms with E-state index in [9.17, 15) is 4.79 Å². The number of nitrogens with one attached hydrogen (secondary N) is 2. The van der Waals surface area contributed by atoms with Gasteiger partial charge in [0.25, 0.3) is 0 Å². The Morgan fingerprint density at radius 2 is 2.00 bits per heavy atom. The maximum Gasteiger partial charge on any atom is 0.207 e. The van der Waals surface area contributed by atoms with E-state index in [4.69, 9.17) is 0 Å². The van der Waals surface area contributed by atoms with Crippen LogP contribution < -0.4 is 10.6 Å². The van der Waals surface area contributed by atoms with E-state index in [1.165, 1.54) is 0 Å². The highest BCUT2D eigenvalue weighted by Gasteiger charge is 1.82. The molecule has 0 aliphatic rings. The van der Waals surface area contributed by atoms with Gasteiger partial charge in [-0.2, -0.15) is 0 Å². The van der Waals surface area contributed by atoms with Gasteiger partial charge in [-0.05, 0) is 0 Å². The van der Waals surface area contributed by atoms with Crippen molar-refractivity contribution in [2.24, 2.45) is 0 Å². The van der Waals surface area contributed by atoms with Crippen LogP contribution in [0, 0.1) is 0 Å². The Balaban J connectivity index is 0. The number of rotatable bonds is 6. The Labute approximate surface area is 79.8 Å². The molecule has 2 N–H and O–H groups in total. The molecule has 0 aromatic carbocycles. The second-order valence-electron chi connectivity index (χ2n) is 1.51. The fraction of sp³-hybridized carbons (Fsp3) is 0.800. The third-order valence-electron chi connectivity index (χ3n) is 0.801.